The second-order valence-corrected chi connectivity index (χ2v) is 6.49. The van der Waals surface area contributed by atoms with Gasteiger partial charge in [-0.15, -0.1) is 0 Å². The van der Waals surface area contributed by atoms with E-state index in [0.717, 1.165) is 15.7 Å². The van der Waals surface area contributed by atoms with E-state index in [1.807, 2.05) is 36.4 Å². The molecule has 0 spiro atoms. The van der Waals surface area contributed by atoms with Crippen LogP contribution < -0.4 is 5.32 Å². The lowest BCUT2D eigenvalue weighted by Gasteiger charge is -2.27. The molecule has 2 aromatic rings. The fourth-order valence-electron chi connectivity index (χ4n) is 2.42. The molecule has 4 nitrogen and oxygen atoms in total. The molecule has 0 aliphatic heterocycles. The summed E-state index contributed by atoms with van der Waals surface area (Å²) in [4.78, 5) is 12.3. The Labute approximate surface area is 154 Å². The van der Waals surface area contributed by atoms with Gasteiger partial charge in [-0.05, 0) is 46.6 Å². The number of aliphatic hydroxyl groups excluding tert-OH is 1. The molecule has 0 saturated carbocycles. The third-order valence-corrected chi connectivity index (χ3v) is 4.48. The highest BCUT2D eigenvalue weighted by Gasteiger charge is 2.30. The average molecular weight is 413 g/mol. The first kappa shape index (κ1) is 18.8. The van der Waals surface area contributed by atoms with Crippen molar-refractivity contribution in [1.29, 1.82) is 0 Å². The maximum absolute atomic E-state index is 12.3. The first-order chi connectivity index (χ1) is 11.6. The van der Waals surface area contributed by atoms with E-state index in [4.69, 9.17) is 16.3 Å². The maximum atomic E-state index is 12.3. The van der Waals surface area contributed by atoms with Crippen LogP contribution in [0, 0.1) is 5.92 Å². The zero-order chi connectivity index (χ0) is 17.5. The molecule has 2 rings (SSSR count). The Hall–Kier alpha value is -1.56. The van der Waals surface area contributed by atoms with E-state index in [1.165, 1.54) is 0 Å². The number of nitrogens with one attached hydrogen (secondary N) is 1. The number of benzene rings is 2. The Morgan fingerprint density at radius 3 is 2.58 bits per heavy atom. The molecule has 0 saturated heterocycles. The predicted octanol–water partition coefficient (Wildman–Crippen LogP) is 4.43. The topological polar surface area (TPSA) is 58.6 Å². The minimum atomic E-state index is -0.727. The number of anilines is 1. The Balaban J connectivity index is 2.37. The molecular weight excluding hydrogens is 394 g/mol. The smallest absolute Gasteiger partial charge is 0.313 e. The Morgan fingerprint density at radius 1 is 1.29 bits per heavy atom. The van der Waals surface area contributed by atoms with E-state index < -0.39 is 17.9 Å². The lowest BCUT2D eigenvalue weighted by Crippen LogP contribution is -2.32. The molecule has 0 bridgehead atoms. The van der Waals surface area contributed by atoms with Gasteiger partial charge in [0, 0.05) is 15.2 Å². The summed E-state index contributed by atoms with van der Waals surface area (Å²) in [6.45, 7) is 1.69. The number of aliphatic hydroxyl groups is 1. The van der Waals surface area contributed by atoms with Crippen LogP contribution in [0.1, 0.15) is 18.5 Å². The molecule has 0 amide bonds. The quantitative estimate of drug-likeness (QED) is 0.661. The maximum Gasteiger partial charge on any atom is 0.313 e. The molecule has 0 aromatic heterocycles. The number of ether oxygens (including phenoxy) is 1. The van der Waals surface area contributed by atoms with Crippen molar-refractivity contribution in [2.24, 2.45) is 5.92 Å². The molecule has 6 heteroatoms. The van der Waals surface area contributed by atoms with Gasteiger partial charge in [0.2, 0.25) is 0 Å². The fraction of sp³-hybridized carbons (Fsp3) is 0.278. The molecule has 2 N–H and O–H groups in total. The molecule has 2 unspecified atom stereocenters. The standard InChI is InChI=1S/C18H19BrClNO3/c1-2-24-18(23)14(11-22)17(12-6-4-3-5-7-12)21-16-9-8-13(20)10-15(16)19/h3-10,14,17,21-22H,2,11H2,1H3. The highest BCUT2D eigenvalue weighted by molar-refractivity contribution is 9.10. The van der Waals surface area contributed by atoms with Crippen LogP contribution in [0.5, 0.6) is 0 Å². The van der Waals surface area contributed by atoms with Crippen LogP contribution in [-0.2, 0) is 9.53 Å². The van der Waals surface area contributed by atoms with Gasteiger partial charge >= 0.3 is 5.97 Å². The number of carbonyl (C=O) groups excluding carboxylic acids is 1. The summed E-state index contributed by atoms with van der Waals surface area (Å²) >= 11 is 9.44. The monoisotopic (exact) mass is 411 g/mol. The number of rotatable bonds is 7. The number of carbonyl (C=O) groups is 1. The van der Waals surface area contributed by atoms with Crippen molar-refractivity contribution in [1.82, 2.24) is 0 Å². The number of hydrogen-bond donors (Lipinski definition) is 2. The largest absolute Gasteiger partial charge is 0.466 e. The van der Waals surface area contributed by atoms with Gasteiger partial charge in [-0.2, -0.15) is 0 Å². The number of esters is 1. The van der Waals surface area contributed by atoms with Crippen molar-refractivity contribution in [3.8, 4) is 0 Å². The number of hydrogen-bond acceptors (Lipinski definition) is 4. The second-order valence-electron chi connectivity index (χ2n) is 5.20. The van der Waals surface area contributed by atoms with Gasteiger partial charge in [-0.3, -0.25) is 4.79 Å². The van der Waals surface area contributed by atoms with Gasteiger partial charge in [-0.1, -0.05) is 41.9 Å². The first-order valence-electron chi connectivity index (χ1n) is 7.60. The van der Waals surface area contributed by atoms with Gasteiger partial charge in [0.15, 0.2) is 0 Å². The van der Waals surface area contributed by atoms with Crippen molar-refractivity contribution in [3.63, 3.8) is 0 Å². The molecule has 24 heavy (non-hydrogen) atoms. The summed E-state index contributed by atoms with van der Waals surface area (Å²) in [6.07, 6.45) is 0. The molecule has 0 aliphatic rings. The highest BCUT2D eigenvalue weighted by Crippen LogP contribution is 2.33. The SMILES string of the molecule is CCOC(=O)C(CO)C(Nc1ccc(Cl)cc1Br)c1ccccc1. The van der Waals surface area contributed by atoms with Crippen LogP contribution in [0.25, 0.3) is 0 Å². The first-order valence-corrected chi connectivity index (χ1v) is 8.78. The van der Waals surface area contributed by atoms with Crippen molar-refractivity contribution in [2.45, 2.75) is 13.0 Å². The molecule has 128 valence electrons. The lowest BCUT2D eigenvalue weighted by molar-refractivity contribution is -0.150. The van der Waals surface area contributed by atoms with Crippen LogP contribution in [0.2, 0.25) is 5.02 Å². The van der Waals surface area contributed by atoms with E-state index in [0.29, 0.717) is 5.02 Å². The Kier molecular flexibility index (Phi) is 7.09. The third kappa shape index (κ3) is 4.72. The highest BCUT2D eigenvalue weighted by atomic mass is 79.9. The molecule has 0 fully saturated rings. The summed E-state index contributed by atoms with van der Waals surface area (Å²) in [6, 6.07) is 14.4. The molecular formula is C18H19BrClNO3. The third-order valence-electron chi connectivity index (χ3n) is 3.59. The zero-order valence-corrected chi connectivity index (χ0v) is 15.5. The van der Waals surface area contributed by atoms with Crippen LogP contribution in [-0.4, -0.2) is 24.3 Å². The van der Waals surface area contributed by atoms with E-state index in [2.05, 4.69) is 21.2 Å². The Bertz CT molecular complexity index is 681. The summed E-state index contributed by atoms with van der Waals surface area (Å²) in [7, 11) is 0. The van der Waals surface area contributed by atoms with E-state index in [1.54, 1.807) is 19.1 Å². The molecule has 2 aromatic carbocycles. The lowest BCUT2D eigenvalue weighted by atomic mass is 9.93. The van der Waals surface area contributed by atoms with Gasteiger partial charge < -0.3 is 15.2 Å². The minimum absolute atomic E-state index is 0.265. The van der Waals surface area contributed by atoms with Crippen LogP contribution in [0.4, 0.5) is 5.69 Å². The van der Waals surface area contributed by atoms with Crippen molar-refractivity contribution in [3.05, 3.63) is 63.6 Å². The molecule has 0 radical (unpaired) electrons. The molecule has 0 aliphatic carbocycles. The average Bonchev–Trinajstić information content (AvgIpc) is 2.57. The zero-order valence-electron chi connectivity index (χ0n) is 13.2. The number of halogens is 2. The summed E-state index contributed by atoms with van der Waals surface area (Å²) in [5, 5.41) is 13.7. The fourth-order valence-corrected chi connectivity index (χ4v) is 3.21. The normalized spacial score (nSPS) is 13.2. The van der Waals surface area contributed by atoms with Crippen LogP contribution in [0.15, 0.2) is 53.0 Å². The van der Waals surface area contributed by atoms with E-state index in [-0.39, 0.29) is 13.2 Å². The van der Waals surface area contributed by atoms with Gasteiger partial charge in [0.1, 0.15) is 5.92 Å². The van der Waals surface area contributed by atoms with Crippen molar-refractivity contribution < 1.29 is 14.6 Å². The van der Waals surface area contributed by atoms with Gasteiger partial charge in [0.05, 0.1) is 19.3 Å². The van der Waals surface area contributed by atoms with E-state index in [9.17, 15) is 9.90 Å². The van der Waals surface area contributed by atoms with Gasteiger partial charge in [0.25, 0.3) is 0 Å². The predicted molar refractivity (Wildman–Crippen MR) is 99.2 cm³/mol. The van der Waals surface area contributed by atoms with Crippen LogP contribution >= 0.6 is 27.5 Å². The minimum Gasteiger partial charge on any atom is -0.466 e. The summed E-state index contributed by atoms with van der Waals surface area (Å²) in [5.74, 6) is -1.17. The van der Waals surface area contributed by atoms with E-state index >= 15 is 0 Å². The molecule has 2 atom stereocenters. The van der Waals surface area contributed by atoms with Crippen molar-refractivity contribution >= 4 is 39.2 Å². The second kappa shape index (κ2) is 9.06. The van der Waals surface area contributed by atoms with Crippen molar-refractivity contribution in [2.75, 3.05) is 18.5 Å². The molecule has 0 heterocycles. The van der Waals surface area contributed by atoms with Crippen LogP contribution in [0.3, 0.4) is 0 Å². The van der Waals surface area contributed by atoms with Gasteiger partial charge in [-0.25, -0.2) is 0 Å². The summed E-state index contributed by atoms with van der Waals surface area (Å²) < 4.78 is 5.89. The Morgan fingerprint density at radius 2 is 2.00 bits per heavy atom. The summed E-state index contributed by atoms with van der Waals surface area (Å²) in [5.41, 5.74) is 1.66.